The standard InChI is InChI=1S/2C34H56O3S.Ba/c2*1-3-5-7-9-11-13-15-17-19-21-24-30-26-23-27-31-28-29-32(34(33(30)31)38(35,36)37)25-22-20-18-16-14-12-10-8-6-4-2;/h2*23,26-29H,3-22,24-25H2,1-2H3,(H,35,36,37);/q;;+2/p-2. The second-order valence-corrected chi connectivity index (χ2v) is 25.4. The summed E-state index contributed by atoms with van der Waals surface area (Å²) in [5.41, 5.74) is 3.45. The van der Waals surface area contributed by atoms with Crippen molar-refractivity contribution < 1.29 is 25.9 Å². The van der Waals surface area contributed by atoms with Crippen molar-refractivity contribution in [1.82, 2.24) is 0 Å². The number of hydrogen-bond donors (Lipinski definition) is 0. The minimum absolute atomic E-state index is 0. The van der Waals surface area contributed by atoms with Gasteiger partial charge in [-0.1, -0.05) is 320 Å². The second kappa shape index (κ2) is 45.3. The first-order valence-corrected chi connectivity index (χ1v) is 34.8. The van der Waals surface area contributed by atoms with E-state index in [2.05, 4.69) is 27.7 Å². The van der Waals surface area contributed by atoms with Crippen LogP contribution in [0.3, 0.4) is 0 Å². The van der Waals surface area contributed by atoms with Crippen LogP contribution in [0.1, 0.15) is 307 Å². The number of rotatable bonds is 46. The van der Waals surface area contributed by atoms with Gasteiger partial charge in [-0.2, -0.15) is 0 Å². The van der Waals surface area contributed by atoms with Gasteiger partial charge in [-0.15, -0.1) is 0 Å². The molecule has 0 aliphatic rings. The zero-order valence-electron chi connectivity index (χ0n) is 49.9. The Morgan fingerprint density at radius 3 is 0.701 bits per heavy atom. The number of unbranched alkanes of at least 4 members (excludes halogenated alkanes) is 36. The molecule has 0 spiro atoms. The summed E-state index contributed by atoms with van der Waals surface area (Å²) < 4.78 is 74.9. The maximum atomic E-state index is 12.5. The molecule has 4 aromatic carbocycles. The van der Waals surface area contributed by atoms with Crippen molar-refractivity contribution in [1.29, 1.82) is 0 Å². The molecule has 0 aliphatic heterocycles. The fourth-order valence-corrected chi connectivity index (χ4v) is 13.5. The average molecular weight is 1230 g/mol. The molecule has 0 atom stereocenters. The van der Waals surface area contributed by atoms with Gasteiger partial charge in [0.25, 0.3) is 0 Å². The molecule has 0 aromatic heterocycles. The summed E-state index contributed by atoms with van der Waals surface area (Å²) in [6.45, 7) is 9.01. The first-order valence-electron chi connectivity index (χ1n) is 32.0. The molecule has 4 aromatic rings. The van der Waals surface area contributed by atoms with Crippen molar-refractivity contribution in [2.45, 2.75) is 320 Å². The molecule has 77 heavy (non-hydrogen) atoms. The van der Waals surface area contributed by atoms with Crippen molar-refractivity contribution >= 4 is 90.7 Å². The van der Waals surface area contributed by atoms with Gasteiger partial charge < -0.3 is 9.11 Å². The normalized spacial score (nSPS) is 11.8. The van der Waals surface area contributed by atoms with E-state index in [0.29, 0.717) is 34.7 Å². The molecule has 0 bridgehead atoms. The van der Waals surface area contributed by atoms with Crippen LogP contribution < -0.4 is 0 Å². The third kappa shape index (κ3) is 31.2. The van der Waals surface area contributed by atoms with Crippen LogP contribution in [0.15, 0.2) is 70.5 Å². The Balaban J connectivity index is 0.000000520. The van der Waals surface area contributed by atoms with Crippen LogP contribution >= 0.6 is 0 Å². The summed E-state index contributed by atoms with van der Waals surface area (Å²) in [5.74, 6) is 0. The van der Waals surface area contributed by atoms with Gasteiger partial charge in [0.05, 0.1) is 9.79 Å². The van der Waals surface area contributed by atoms with Crippen LogP contribution in [0.4, 0.5) is 0 Å². The SMILES string of the molecule is CCCCCCCCCCCCc1ccc2cccc(CCCCCCCCCCCC)c2c1S(=O)(=O)[O-].CCCCCCCCCCCCc1ccc2cccc(CCCCCCCCCCCC)c2c1S(=O)(=O)[O-].[Ba+2]. The molecule has 4 rings (SSSR count). The van der Waals surface area contributed by atoms with E-state index >= 15 is 0 Å². The third-order valence-electron chi connectivity index (χ3n) is 16.0. The first kappa shape index (κ1) is 71.9. The zero-order valence-corrected chi connectivity index (χ0v) is 55.9. The van der Waals surface area contributed by atoms with E-state index < -0.39 is 20.2 Å². The Hall–Kier alpha value is -1.21. The van der Waals surface area contributed by atoms with E-state index in [1.54, 1.807) is 0 Å². The van der Waals surface area contributed by atoms with Crippen LogP contribution in [0, 0.1) is 0 Å². The van der Waals surface area contributed by atoms with Gasteiger partial charge in [-0.25, -0.2) is 16.8 Å². The van der Waals surface area contributed by atoms with Crippen molar-refractivity contribution in [3.63, 3.8) is 0 Å². The minimum Gasteiger partial charge on any atom is -0.744 e. The summed E-state index contributed by atoms with van der Waals surface area (Å²) >= 11 is 0. The van der Waals surface area contributed by atoms with E-state index in [-0.39, 0.29) is 58.7 Å². The van der Waals surface area contributed by atoms with E-state index in [1.165, 1.54) is 205 Å². The van der Waals surface area contributed by atoms with Crippen LogP contribution in [-0.4, -0.2) is 74.8 Å². The van der Waals surface area contributed by atoms with E-state index in [9.17, 15) is 25.9 Å². The minimum atomic E-state index is -4.55. The molecule has 0 heterocycles. The zero-order chi connectivity index (χ0) is 55.0. The van der Waals surface area contributed by atoms with Crippen molar-refractivity contribution in [3.8, 4) is 0 Å². The fraction of sp³-hybridized carbons (Fsp3) is 0.706. The topological polar surface area (TPSA) is 114 Å². The van der Waals surface area contributed by atoms with Gasteiger partial charge >= 0.3 is 48.9 Å². The Morgan fingerprint density at radius 2 is 0.481 bits per heavy atom. The number of fused-ring (bicyclic) bond motifs is 2. The Morgan fingerprint density at radius 1 is 0.273 bits per heavy atom. The van der Waals surface area contributed by atoms with Crippen molar-refractivity contribution in [3.05, 3.63) is 82.9 Å². The average Bonchev–Trinajstić information content (AvgIpc) is 3.46. The van der Waals surface area contributed by atoms with E-state index in [0.717, 1.165) is 86.1 Å². The Labute approximate surface area is 514 Å². The predicted octanol–water partition coefficient (Wildman–Crippen LogP) is 21.0. The van der Waals surface area contributed by atoms with Gasteiger partial charge in [-0.05, 0) is 84.4 Å². The van der Waals surface area contributed by atoms with Gasteiger partial charge in [0.15, 0.2) is 0 Å². The van der Waals surface area contributed by atoms with Crippen LogP contribution in [0.25, 0.3) is 21.5 Å². The molecule has 0 aliphatic carbocycles. The molecule has 0 fully saturated rings. The maximum absolute atomic E-state index is 12.5. The Kier molecular flexibility index (Phi) is 42.3. The number of aryl methyl sites for hydroxylation is 4. The Bertz CT molecular complexity index is 2160. The predicted molar refractivity (Wildman–Crippen MR) is 332 cm³/mol. The molecular weight excluding hydrogens is 1110 g/mol. The summed E-state index contributed by atoms with van der Waals surface area (Å²) in [6, 6.07) is 19.7. The van der Waals surface area contributed by atoms with E-state index in [4.69, 9.17) is 0 Å². The maximum Gasteiger partial charge on any atom is 2.00 e. The van der Waals surface area contributed by atoms with Gasteiger partial charge in [0.1, 0.15) is 20.2 Å². The molecule has 0 radical (unpaired) electrons. The van der Waals surface area contributed by atoms with Crippen molar-refractivity contribution in [2.24, 2.45) is 0 Å². The molecule has 0 saturated heterocycles. The second-order valence-electron chi connectivity index (χ2n) is 22.8. The molecule has 0 unspecified atom stereocenters. The molecule has 9 heteroatoms. The molecule has 6 nitrogen and oxygen atoms in total. The largest absolute Gasteiger partial charge is 2.00 e. The smallest absolute Gasteiger partial charge is 0.744 e. The van der Waals surface area contributed by atoms with Crippen LogP contribution in [0.2, 0.25) is 0 Å². The molecule has 0 amide bonds. The molecule has 432 valence electrons. The summed E-state index contributed by atoms with van der Waals surface area (Å²) in [6.07, 6.45) is 53.3. The van der Waals surface area contributed by atoms with Gasteiger partial charge in [-0.3, -0.25) is 0 Å². The summed E-state index contributed by atoms with van der Waals surface area (Å²) in [5, 5.41) is 3.11. The van der Waals surface area contributed by atoms with Gasteiger partial charge in [0, 0.05) is 10.8 Å². The quantitative estimate of drug-likeness (QED) is 0.0247. The summed E-state index contributed by atoms with van der Waals surface area (Å²) in [4.78, 5) is 0.0993. The number of benzene rings is 4. The van der Waals surface area contributed by atoms with Gasteiger partial charge in [0.2, 0.25) is 0 Å². The van der Waals surface area contributed by atoms with Crippen LogP contribution in [-0.2, 0) is 45.9 Å². The fourth-order valence-electron chi connectivity index (χ4n) is 11.5. The molecule has 0 saturated carbocycles. The summed E-state index contributed by atoms with van der Waals surface area (Å²) in [7, 11) is -9.09. The van der Waals surface area contributed by atoms with Crippen LogP contribution in [0.5, 0.6) is 0 Å². The first-order chi connectivity index (χ1) is 37.0. The monoisotopic (exact) mass is 1220 g/mol. The van der Waals surface area contributed by atoms with Crippen molar-refractivity contribution in [2.75, 3.05) is 0 Å². The third-order valence-corrected chi connectivity index (χ3v) is 18.0. The molecule has 0 N–H and O–H groups in total. The van der Waals surface area contributed by atoms with E-state index in [1.807, 2.05) is 60.7 Å². The number of hydrogen-bond acceptors (Lipinski definition) is 6. The molecular formula is C68H110BaO6S2.